The molecule has 0 fully saturated rings. The first-order chi connectivity index (χ1) is 12.9. The molecule has 0 radical (unpaired) electrons. The maximum atomic E-state index is 12.4. The molecule has 2 amide bonds. The van der Waals surface area contributed by atoms with Gasteiger partial charge in [0.1, 0.15) is 0 Å². The Labute approximate surface area is 156 Å². The van der Waals surface area contributed by atoms with Gasteiger partial charge in [0.25, 0.3) is 11.8 Å². The second-order valence-electron chi connectivity index (χ2n) is 6.05. The van der Waals surface area contributed by atoms with E-state index in [9.17, 15) is 19.2 Å². The fourth-order valence-electron chi connectivity index (χ4n) is 2.83. The number of esters is 1. The molecule has 136 valence electrons. The van der Waals surface area contributed by atoms with Crippen LogP contribution in [0.3, 0.4) is 0 Å². The average molecular weight is 363 g/mol. The van der Waals surface area contributed by atoms with E-state index >= 15 is 0 Å². The molecule has 6 nitrogen and oxygen atoms in total. The van der Waals surface area contributed by atoms with Crippen molar-refractivity contribution >= 4 is 23.6 Å². The predicted molar refractivity (Wildman–Crippen MR) is 97.7 cm³/mol. The normalized spacial score (nSPS) is 13.9. The van der Waals surface area contributed by atoms with E-state index in [-0.39, 0.29) is 29.0 Å². The van der Waals surface area contributed by atoms with Crippen molar-refractivity contribution in [3.05, 3.63) is 83.4 Å². The fourth-order valence-corrected chi connectivity index (χ4v) is 2.83. The molecule has 0 N–H and O–H groups in total. The molecule has 0 unspecified atom stereocenters. The molecular formula is C21H17NO5. The quantitative estimate of drug-likeness (QED) is 0.341. The van der Waals surface area contributed by atoms with Crippen LogP contribution in [0.2, 0.25) is 0 Å². The summed E-state index contributed by atoms with van der Waals surface area (Å²) in [5, 5.41) is 0. The number of amides is 2. The predicted octanol–water partition coefficient (Wildman–Crippen LogP) is 2.90. The first-order valence-corrected chi connectivity index (χ1v) is 8.35. The van der Waals surface area contributed by atoms with Crippen molar-refractivity contribution in [1.29, 1.82) is 0 Å². The summed E-state index contributed by atoms with van der Waals surface area (Å²) in [7, 11) is 0. The van der Waals surface area contributed by atoms with Gasteiger partial charge in [-0.3, -0.25) is 19.3 Å². The van der Waals surface area contributed by atoms with Crippen LogP contribution in [-0.2, 0) is 4.74 Å². The molecule has 1 aliphatic heterocycles. The first kappa shape index (κ1) is 18.3. The minimum atomic E-state index is -0.984. The molecule has 2 aromatic carbocycles. The Bertz CT molecular complexity index is 948. The summed E-state index contributed by atoms with van der Waals surface area (Å²) in [4.78, 5) is 50.3. The maximum Gasteiger partial charge on any atom is 0.338 e. The topological polar surface area (TPSA) is 80.8 Å². The van der Waals surface area contributed by atoms with E-state index in [0.29, 0.717) is 5.56 Å². The Kier molecular flexibility index (Phi) is 4.98. The lowest BCUT2D eigenvalue weighted by Gasteiger charge is -2.12. The van der Waals surface area contributed by atoms with Gasteiger partial charge in [-0.15, -0.1) is 6.58 Å². The smallest absolute Gasteiger partial charge is 0.338 e. The number of carbonyl (C=O) groups excluding carboxylic acids is 4. The first-order valence-electron chi connectivity index (χ1n) is 8.35. The standard InChI is InChI=1S/C21H17NO5/c1-3-11-22-19(24)16-10-9-15(12-17(16)20(22)25)21(26)27-13(2)18(23)14-7-5-4-6-8-14/h3-10,12-13H,1,11H2,2H3/t13-/m0/s1. The minimum Gasteiger partial charge on any atom is -0.451 e. The van der Waals surface area contributed by atoms with Crippen LogP contribution in [0.25, 0.3) is 0 Å². The maximum absolute atomic E-state index is 12.4. The highest BCUT2D eigenvalue weighted by Gasteiger charge is 2.35. The SMILES string of the molecule is C=CCN1C(=O)c2ccc(C(=O)O[C@@H](C)C(=O)c3ccccc3)cc2C1=O. The molecule has 1 heterocycles. The van der Waals surface area contributed by atoms with Gasteiger partial charge in [0.05, 0.1) is 16.7 Å². The highest BCUT2D eigenvalue weighted by Crippen LogP contribution is 2.24. The van der Waals surface area contributed by atoms with Gasteiger partial charge in [-0.05, 0) is 25.1 Å². The van der Waals surface area contributed by atoms with Crippen molar-refractivity contribution in [3.8, 4) is 0 Å². The van der Waals surface area contributed by atoms with E-state index in [1.165, 1.54) is 31.2 Å². The highest BCUT2D eigenvalue weighted by atomic mass is 16.5. The van der Waals surface area contributed by atoms with Crippen LogP contribution in [-0.4, -0.2) is 41.1 Å². The molecule has 1 aliphatic rings. The van der Waals surface area contributed by atoms with E-state index in [4.69, 9.17) is 4.74 Å². The zero-order valence-corrected chi connectivity index (χ0v) is 14.7. The molecule has 0 aromatic heterocycles. The summed E-state index contributed by atoms with van der Waals surface area (Å²) >= 11 is 0. The number of ether oxygens (including phenoxy) is 1. The average Bonchev–Trinajstić information content (AvgIpc) is 2.92. The Morgan fingerprint density at radius 2 is 1.70 bits per heavy atom. The monoisotopic (exact) mass is 363 g/mol. The minimum absolute atomic E-state index is 0.0920. The van der Waals surface area contributed by atoms with Crippen LogP contribution < -0.4 is 0 Å². The van der Waals surface area contributed by atoms with Crippen molar-refractivity contribution in [2.75, 3.05) is 6.54 Å². The van der Waals surface area contributed by atoms with Gasteiger partial charge >= 0.3 is 5.97 Å². The van der Waals surface area contributed by atoms with Gasteiger partial charge in [-0.2, -0.15) is 0 Å². The molecule has 0 aliphatic carbocycles. The van der Waals surface area contributed by atoms with Crippen molar-refractivity contribution in [2.45, 2.75) is 13.0 Å². The third kappa shape index (κ3) is 3.42. The number of imide groups is 1. The third-order valence-corrected chi connectivity index (χ3v) is 4.23. The van der Waals surface area contributed by atoms with Crippen molar-refractivity contribution in [3.63, 3.8) is 0 Å². The lowest BCUT2D eigenvalue weighted by molar-refractivity contribution is 0.0318. The molecule has 0 spiro atoms. The highest BCUT2D eigenvalue weighted by molar-refractivity contribution is 6.22. The Hall–Kier alpha value is -3.54. The molecular weight excluding hydrogens is 346 g/mol. The number of hydrogen-bond acceptors (Lipinski definition) is 5. The second kappa shape index (κ2) is 7.37. The van der Waals surface area contributed by atoms with Crippen LogP contribution in [0, 0.1) is 0 Å². The van der Waals surface area contributed by atoms with Crippen LogP contribution >= 0.6 is 0 Å². The summed E-state index contributed by atoms with van der Waals surface area (Å²) in [5.41, 5.74) is 0.904. The molecule has 0 saturated carbocycles. The van der Waals surface area contributed by atoms with E-state index in [1.54, 1.807) is 30.3 Å². The lowest BCUT2D eigenvalue weighted by Crippen LogP contribution is -2.29. The van der Waals surface area contributed by atoms with Gasteiger partial charge in [-0.1, -0.05) is 36.4 Å². The molecule has 3 rings (SSSR count). The van der Waals surface area contributed by atoms with Crippen LogP contribution in [0.1, 0.15) is 48.4 Å². The Morgan fingerprint density at radius 3 is 2.37 bits per heavy atom. The van der Waals surface area contributed by atoms with E-state index in [2.05, 4.69) is 6.58 Å². The van der Waals surface area contributed by atoms with Gasteiger partial charge in [0.15, 0.2) is 6.10 Å². The van der Waals surface area contributed by atoms with Crippen LogP contribution in [0.5, 0.6) is 0 Å². The van der Waals surface area contributed by atoms with Crippen molar-refractivity contribution < 1.29 is 23.9 Å². The zero-order valence-electron chi connectivity index (χ0n) is 14.7. The van der Waals surface area contributed by atoms with Gasteiger partial charge in [-0.25, -0.2) is 4.79 Å². The largest absolute Gasteiger partial charge is 0.451 e. The number of carbonyl (C=O) groups is 4. The summed E-state index contributed by atoms with van der Waals surface area (Å²) in [6.45, 7) is 5.10. The number of fused-ring (bicyclic) bond motifs is 1. The van der Waals surface area contributed by atoms with Gasteiger partial charge < -0.3 is 4.74 Å². The van der Waals surface area contributed by atoms with Crippen molar-refractivity contribution in [1.82, 2.24) is 4.90 Å². The summed E-state index contributed by atoms with van der Waals surface area (Å²) < 4.78 is 5.23. The fraction of sp³-hybridized carbons (Fsp3) is 0.143. The molecule has 0 saturated heterocycles. The van der Waals surface area contributed by atoms with E-state index in [0.717, 1.165) is 4.90 Å². The lowest BCUT2D eigenvalue weighted by atomic mass is 10.1. The second-order valence-corrected chi connectivity index (χ2v) is 6.05. The van der Waals surface area contributed by atoms with E-state index < -0.39 is 23.9 Å². The van der Waals surface area contributed by atoms with Crippen molar-refractivity contribution in [2.24, 2.45) is 0 Å². The number of ketones is 1. The molecule has 1 atom stereocenters. The zero-order chi connectivity index (χ0) is 19.6. The molecule has 0 bridgehead atoms. The number of Topliss-reactive ketones (excluding diaryl/α,β-unsaturated/α-hetero) is 1. The number of nitrogens with zero attached hydrogens (tertiary/aromatic N) is 1. The summed E-state index contributed by atoms with van der Waals surface area (Å²) in [6, 6.07) is 12.6. The molecule has 27 heavy (non-hydrogen) atoms. The number of hydrogen-bond donors (Lipinski definition) is 0. The summed E-state index contributed by atoms with van der Waals surface area (Å²) in [5.74, 6) is -1.98. The Balaban J connectivity index is 1.77. The Morgan fingerprint density at radius 1 is 1.04 bits per heavy atom. The number of benzene rings is 2. The van der Waals surface area contributed by atoms with Crippen LogP contribution in [0.4, 0.5) is 0 Å². The molecule has 6 heteroatoms. The third-order valence-electron chi connectivity index (χ3n) is 4.23. The molecule has 2 aromatic rings. The number of rotatable bonds is 6. The van der Waals surface area contributed by atoms with E-state index in [1.807, 2.05) is 0 Å². The summed E-state index contributed by atoms with van der Waals surface area (Å²) in [6.07, 6.45) is 0.469. The van der Waals surface area contributed by atoms with Gasteiger partial charge in [0, 0.05) is 12.1 Å². The van der Waals surface area contributed by atoms with Gasteiger partial charge in [0.2, 0.25) is 5.78 Å². The van der Waals surface area contributed by atoms with Crippen LogP contribution in [0.15, 0.2) is 61.2 Å².